The smallest absolute Gasteiger partial charge is 0.269 e. The third-order valence-electron chi connectivity index (χ3n) is 5.64. The molecule has 0 aliphatic carbocycles. The number of benzene rings is 4. The van der Waals surface area contributed by atoms with Crippen molar-refractivity contribution in [3.63, 3.8) is 0 Å². The van der Waals surface area contributed by atoms with Crippen molar-refractivity contribution in [1.82, 2.24) is 0 Å². The van der Waals surface area contributed by atoms with Crippen molar-refractivity contribution in [2.45, 2.75) is 0 Å². The van der Waals surface area contributed by atoms with Gasteiger partial charge in [-0.25, -0.2) is 0 Å². The second-order valence-electron chi connectivity index (χ2n) is 8.35. The highest BCUT2D eigenvalue weighted by Gasteiger charge is 2.13. The zero-order valence-electron chi connectivity index (χ0n) is 21.5. The summed E-state index contributed by atoms with van der Waals surface area (Å²) in [6.07, 6.45) is 5.45. The maximum Gasteiger partial charge on any atom is 0.269 e. The predicted molar refractivity (Wildman–Crippen MR) is 163 cm³/mol. The lowest BCUT2D eigenvalue weighted by molar-refractivity contribution is -0.385. The summed E-state index contributed by atoms with van der Waals surface area (Å²) in [7, 11) is 0. The van der Waals surface area contributed by atoms with Crippen LogP contribution in [0.15, 0.2) is 91.5 Å². The van der Waals surface area contributed by atoms with Gasteiger partial charge in [0.05, 0.1) is 9.85 Å². The molecule has 11 heteroatoms. The van der Waals surface area contributed by atoms with Gasteiger partial charge in [0.25, 0.3) is 11.4 Å². The van der Waals surface area contributed by atoms with E-state index in [0.29, 0.717) is 6.79 Å². The highest BCUT2D eigenvalue weighted by atomic mass is 127. The van der Waals surface area contributed by atoms with E-state index in [0.717, 1.165) is 39.7 Å². The minimum atomic E-state index is -0.424. The van der Waals surface area contributed by atoms with Crippen molar-refractivity contribution < 1.29 is 28.8 Å². The lowest BCUT2D eigenvalue weighted by atomic mass is 10.1. The van der Waals surface area contributed by atoms with Gasteiger partial charge in [-0.1, -0.05) is 30.9 Å². The fraction of sp³-hybridized carbons (Fsp3) is 0.0667. The van der Waals surface area contributed by atoms with Crippen LogP contribution in [0.4, 0.5) is 11.4 Å². The Labute approximate surface area is 248 Å². The number of hydrogen-bond donors (Lipinski definition) is 0. The Morgan fingerprint density at radius 2 is 1.05 bits per heavy atom. The Bertz CT molecular complexity index is 1570. The number of fused-ring (bicyclic) bond motifs is 2. The molecule has 0 spiro atoms. The molecular formula is C30H23IN2O8. The minimum Gasteiger partial charge on any atom is -0.454 e. The summed E-state index contributed by atoms with van der Waals surface area (Å²) in [6, 6.07) is 24.2. The predicted octanol–water partition coefficient (Wildman–Crippen LogP) is 7.75. The summed E-state index contributed by atoms with van der Waals surface area (Å²) in [5.41, 5.74) is 2.96. The van der Waals surface area contributed by atoms with Crippen LogP contribution >= 0.6 is 22.6 Å². The van der Waals surface area contributed by atoms with Crippen molar-refractivity contribution in [1.29, 1.82) is 0 Å². The monoisotopic (exact) mass is 666 g/mol. The van der Waals surface area contributed by atoms with Crippen LogP contribution < -0.4 is 18.9 Å². The molecule has 0 unspecified atom stereocenters. The van der Waals surface area contributed by atoms with E-state index in [2.05, 4.69) is 29.2 Å². The largest absolute Gasteiger partial charge is 0.454 e. The number of non-ortho nitro benzene ring substituents is 2. The fourth-order valence-corrected chi connectivity index (χ4v) is 3.98. The van der Waals surface area contributed by atoms with Crippen molar-refractivity contribution in [3.05, 3.63) is 132 Å². The molecule has 0 saturated heterocycles. The molecule has 2 aliphatic heterocycles. The number of nitro benzene ring substituents is 2. The van der Waals surface area contributed by atoms with Gasteiger partial charge in [0, 0.05) is 27.8 Å². The first kappa shape index (κ1) is 29.1. The molecule has 0 N–H and O–H groups in total. The van der Waals surface area contributed by atoms with Gasteiger partial charge in [0.1, 0.15) is 0 Å². The molecular weight excluding hydrogens is 643 g/mol. The Morgan fingerprint density at radius 1 is 0.610 bits per heavy atom. The average Bonchev–Trinajstić information content (AvgIpc) is 3.66. The van der Waals surface area contributed by atoms with Crippen molar-refractivity contribution in [3.8, 4) is 23.0 Å². The standard InChI is InChI=1S/C15H11NO4.C8H7NO2.C7H5IO2/c17-16(18)13-6-3-11(4-7-13)1-2-12-5-8-14-15(9-12)20-10-19-14;1-2-7-3-5-8(6-4-7)9(10)11;8-5-1-2-6-7(3-5)10-4-9-6/h1-9H,10H2;2-6H,1H2;1-3H,4H2/b2-1+;;. The lowest BCUT2D eigenvalue weighted by Gasteiger charge is -1.98. The summed E-state index contributed by atoms with van der Waals surface area (Å²) in [5, 5.41) is 20.7. The average molecular weight is 666 g/mol. The Hall–Kier alpha value is -4.91. The van der Waals surface area contributed by atoms with Crippen LogP contribution in [0.1, 0.15) is 16.7 Å². The summed E-state index contributed by atoms with van der Waals surface area (Å²) in [4.78, 5) is 19.9. The number of rotatable bonds is 5. The summed E-state index contributed by atoms with van der Waals surface area (Å²) >= 11 is 2.24. The van der Waals surface area contributed by atoms with E-state index in [9.17, 15) is 20.2 Å². The first-order chi connectivity index (χ1) is 19.8. The third-order valence-corrected chi connectivity index (χ3v) is 6.31. The van der Waals surface area contributed by atoms with E-state index >= 15 is 0 Å². The van der Waals surface area contributed by atoms with Gasteiger partial charge >= 0.3 is 0 Å². The zero-order valence-corrected chi connectivity index (χ0v) is 23.6. The minimum absolute atomic E-state index is 0.0882. The van der Waals surface area contributed by atoms with Gasteiger partial charge in [0.2, 0.25) is 13.6 Å². The maximum atomic E-state index is 10.6. The first-order valence-electron chi connectivity index (χ1n) is 12.1. The maximum absolute atomic E-state index is 10.6. The van der Waals surface area contributed by atoms with Crippen LogP contribution in [0.2, 0.25) is 0 Å². The van der Waals surface area contributed by atoms with Crippen molar-refractivity contribution >= 4 is 52.2 Å². The molecule has 0 fully saturated rings. The summed E-state index contributed by atoms with van der Waals surface area (Å²) < 4.78 is 22.0. The molecule has 41 heavy (non-hydrogen) atoms. The molecule has 0 amide bonds. The van der Waals surface area contributed by atoms with Crippen molar-refractivity contribution in [2.24, 2.45) is 0 Å². The number of halogens is 1. The Kier molecular flexibility index (Phi) is 9.89. The van der Waals surface area contributed by atoms with Gasteiger partial charge in [-0.15, -0.1) is 0 Å². The van der Waals surface area contributed by atoms with Crippen LogP contribution in [0.5, 0.6) is 23.0 Å². The van der Waals surface area contributed by atoms with E-state index in [1.807, 2.05) is 48.6 Å². The van der Waals surface area contributed by atoms with Crippen LogP contribution in [0.3, 0.4) is 0 Å². The number of nitro groups is 2. The van der Waals surface area contributed by atoms with E-state index in [1.54, 1.807) is 30.3 Å². The van der Waals surface area contributed by atoms with E-state index in [-0.39, 0.29) is 18.2 Å². The second kappa shape index (κ2) is 13.9. The van der Waals surface area contributed by atoms with E-state index in [4.69, 9.17) is 18.9 Å². The Balaban J connectivity index is 0.000000156. The summed E-state index contributed by atoms with van der Waals surface area (Å²) in [5.74, 6) is 3.18. The molecule has 2 aliphatic rings. The van der Waals surface area contributed by atoms with Crippen LogP contribution in [-0.4, -0.2) is 23.4 Å². The van der Waals surface area contributed by atoms with Gasteiger partial charge in [0.15, 0.2) is 23.0 Å². The van der Waals surface area contributed by atoms with Gasteiger partial charge < -0.3 is 18.9 Å². The highest BCUT2D eigenvalue weighted by molar-refractivity contribution is 14.1. The molecule has 0 atom stereocenters. The normalized spacial score (nSPS) is 12.0. The highest BCUT2D eigenvalue weighted by Crippen LogP contribution is 2.33. The molecule has 0 aromatic heterocycles. The fourth-order valence-electron chi connectivity index (χ4n) is 3.52. The van der Waals surface area contributed by atoms with Crippen molar-refractivity contribution in [2.75, 3.05) is 13.6 Å². The molecule has 4 aromatic rings. The van der Waals surface area contributed by atoms with Gasteiger partial charge in [-0.05, 0) is 93.9 Å². The molecule has 0 bridgehead atoms. The SMILES string of the molecule is C=Cc1ccc([N+](=O)[O-])cc1.Ic1ccc2c(c1)OCO2.O=[N+]([O-])c1ccc(/C=C/c2ccc3c(c2)OCO3)cc1. The van der Waals surface area contributed by atoms with Crippen LogP contribution in [0, 0.1) is 23.8 Å². The lowest BCUT2D eigenvalue weighted by Crippen LogP contribution is -1.92. The number of nitrogens with zero attached hydrogens (tertiary/aromatic N) is 2. The van der Waals surface area contributed by atoms with Gasteiger partial charge in [-0.2, -0.15) is 0 Å². The quantitative estimate of drug-likeness (QED) is 0.0917. The zero-order chi connectivity index (χ0) is 29.2. The van der Waals surface area contributed by atoms with Gasteiger partial charge in [-0.3, -0.25) is 20.2 Å². The van der Waals surface area contributed by atoms with E-state index < -0.39 is 9.85 Å². The van der Waals surface area contributed by atoms with Crippen LogP contribution in [0.25, 0.3) is 18.2 Å². The topological polar surface area (TPSA) is 123 Å². The Morgan fingerprint density at radius 3 is 1.59 bits per heavy atom. The molecule has 208 valence electrons. The molecule has 6 rings (SSSR count). The van der Waals surface area contributed by atoms with E-state index in [1.165, 1.54) is 27.8 Å². The molecule has 0 radical (unpaired) electrons. The number of ether oxygens (including phenoxy) is 4. The third kappa shape index (κ3) is 8.29. The summed E-state index contributed by atoms with van der Waals surface area (Å²) in [6.45, 7) is 4.15. The molecule has 2 heterocycles. The molecule has 4 aromatic carbocycles. The molecule has 0 saturated carbocycles. The molecule has 10 nitrogen and oxygen atoms in total. The van der Waals surface area contributed by atoms with Crippen LogP contribution in [-0.2, 0) is 0 Å². The first-order valence-corrected chi connectivity index (χ1v) is 13.1. The second-order valence-corrected chi connectivity index (χ2v) is 9.59. The number of hydrogen-bond acceptors (Lipinski definition) is 8.